The third-order valence-corrected chi connectivity index (χ3v) is 5.62. The molecule has 0 aliphatic carbocycles. The highest BCUT2D eigenvalue weighted by Gasteiger charge is 2.41. The summed E-state index contributed by atoms with van der Waals surface area (Å²) in [5.74, 6) is 0.199. The molecular weight excluding hydrogens is 458 g/mol. The lowest BCUT2D eigenvalue weighted by Crippen LogP contribution is -2.51. The molecule has 0 unspecified atom stereocenters. The SMILES string of the molecule is CC(C)(C)OC(=O)N1CCN(C(=O)c2ccc(OC[C@@]3(C)Cn4cc([N+](=O)[O-])nc4O3)cc2)CC1. The van der Waals surface area contributed by atoms with E-state index in [1.807, 2.05) is 27.7 Å². The highest BCUT2D eigenvalue weighted by Crippen LogP contribution is 2.31. The summed E-state index contributed by atoms with van der Waals surface area (Å²) in [6.07, 6.45) is 0.974. The predicted octanol–water partition coefficient (Wildman–Crippen LogP) is 2.71. The number of imidazole rings is 1. The van der Waals surface area contributed by atoms with Crippen LogP contribution in [-0.2, 0) is 11.3 Å². The molecule has 35 heavy (non-hydrogen) atoms. The van der Waals surface area contributed by atoms with E-state index in [4.69, 9.17) is 14.2 Å². The van der Waals surface area contributed by atoms with Crippen LogP contribution in [0.5, 0.6) is 11.8 Å². The Morgan fingerprint density at radius 3 is 2.34 bits per heavy atom. The van der Waals surface area contributed by atoms with Gasteiger partial charge in [0.25, 0.3) is 5.91 Å². The molecule has 2 aromatic rings. The van der Waals surface area contributed by atoms with Gasteiger partial charge in [-0.25, -0.2) is 4.79 Å². The Labute approximate surface area is 202 Å². The molecule has 4 rings (SSSR count). The number of amides is 2. The summed E-state index contributed by atoms with van der Waals surface area (Å²) in [6, 6.07) is 7.02. The molecule has 12 nitrogen and oxygen atoms in total. The molecule has 0 N–H and O–H groups in total. The lowest BCUT2D eigenvalue weighted by Gasteiger charge is -2.35. The molecule has 0 bridgehead atoms. The molecule has 2 aliphatic rings. The minimum Gasteiger partial charge on any atom is -0.489 e. The van der Waals surface area contributed by atoms with E-state index in [1.165, 1.54) is 6.20 Å². The summed E-state index contributed by atoms with van der Waals surface area (Å²) in [7, 11) is 0. The van der Waals surface area contributed by atoms with Crippen molar-refractivity contribution in [1.82, 2.24) is 19.4 Å². The molecule has 3 heterocycles. The van der Waals surface area contributed by atoms with Crippen LogP contribution in [0.2, 0.25) is 0 Å². The van der Waals surface area contributed by atoms with Crippen LogP contribution in [0.25, 0.3) is 0 Å². The molecule has 1 saturated heterocycles. The van der Waals surface area contributed by atoms with Crippen LogP contribution in [0.15, 0.2) is 30.5 Å². The number of fused-ring (bicyclic) bond motifs is 1. The van der Waals surface area contributed by atoms with Crippen molar-refractivity contribution in [3.8, 4) is 11.8 Å². The van der Waals surface area contributed by atoms with Crippen LogP contribution in [0.4, 0.5) is 10.6 Å². The topological polar surface area (TPSA) is 129 Å². The van der Waals surface area contributed by atoms with E-state index in [9.17, 15) is 19.7 Å². The fourth-order valence-corrected chi connectivity index (χ4v) is 3.89. The van der Waals surface area contributed by atoms with Gasteiger partial charge in [-0.05, 0) is 56.9 Å². The minimum absolute atomic E-state index is 0.113. The lowest BCUT2D eigenvalue weighted by molar-refractivity contribution is -0.389. The summed E-state index contributed by atoms with van der Waals surface area (Å²) in [5, 5.41) is 10.8. The van der Waals surface area contributed by atoms with Crippen molar-refractivity contribution < 1.29 is 28.7 Å². The fourth-order valence-electron chi connectivity index (χ4n) is 3.89. The maximum Gasteiger partial charge on any atom is 0.415 e. The Hall–Kier alpha value is -3.83. The summed E-state index contributed by atoms with van der Waals surface area (Å²) in [4.78, 5) is 42.6. The van der Waals surface area contributed by atoms with E-state index >= 15 is 0 Å². The number of piperazine rings is 1. The number of carbonyl (C=O) groups excluding carboxylic acids is 2. The molecule has 1 fully saturated rings. The molecule has 1 aromatic carbocycles. The first-order chi connectivity index (χ1) is 16.4. The van der Waals surface area contributed by atoms with E-state index in [2.05, 4.69) is 4.98 Å². The number of hydrogen-bond donors (Lipinski definition) is 0. The zero-order valence-corrected chi connectivity index (χ0v) is 20.2. The molecular formula is C23H29N5O7. The third kappa shape index (κ3) is 5.64. The maximum absolute atomic E-state index is 12.9. The number of nitro groups is 1. The van der Waals surface area contributed by atoms with Crippen molar-refractivity contribution in [2.75, 3.05) is 32.8 Å². The second-order valence-corrected chi connectivity index (χ2v) is 9.89. The second-order valence-electron chi connectivity index (χ2n) is 9.89. The predicted molar refractivity (Wildman–Crippen MR) is 124 cm³/mol. The largest absolute Gasteiger partial charge is 0.489 e. The molecule has 12 heteroatoms. The lowest BCUT2D eigenvalue weighted by atomic mass is 10.1. The van der Waals surface area contributed by atoms with Crippen molar-refractivity contribution in [2.24, 2.45) is 0 Å². The first-order valence-corrected chi connectivity index (χ1v) is 11.3. The standard InChI is InChI=1S/C23H29N5O7/c1-22(2,3)35-21(30)26-11-9-25(10-12-26)19(29)16-5-7-17(8-6-16)33-15-23(4)14-27-13-18(28(31)32)24-20(27)34-23/h5-8,13H,9-12,14-15H2,1-4H3/t23-/m1/s1. The first kappa shape index (κ1) is 24.3. The van der Waals surface area contributed by atoms with Gasteiger partial charge in [0.2, 0.25) is 0 Å². The summed E-state index contributed by atoms with van der Waals surface area (Å²) in [5.41, 5.74) is -0.754. The highest BCUT2D eigenvalue weighted by atomic mass is 16.6. The molecule has 1 atom stereocenters. The average molecular weight is 488 g/mol. The summed E-state index contributed by atoms with van der Waals surface area (Å²) in [6.45, 7) is 9.56. The minimum atomic E-state index is -0.722. The molecule has 0 saturated carbocycles. The van der Waals surface area contributed by atoms with Crippen molar-refractivity contribution in [2.45, 2.75) is 45.4 Å². The molecule has 188 valence electrons. The third-order valence-electron chi connectivity index (χ3n) is 5.62. The van der Waals surface area contributed by atoms with Gasteiger partial charge in [0.1, 0.15) is 24.2 Å². The normalized spacial score (nSPS) is 19.7. The van der Waals surface area contributed by atoms with Crippen molar-refractivity contribution in [3.63, 3.8) is 0 Å². The van der Waals surface area contributed by atoms with E-state index in [-0.39, 0.29) is 30.4 Å². The maximum atomic E-state index is 12.9. The number of carbonyl (C=O) groups is 2. The smallest absolute Gasteiger partial charge is 0.415 e. The summed E-state index contributed by atoms with van der Waals surface area (Å²) < 4.78 is 18.6. The van der Waals surface area contributed by atoms with Crippen LogP contribution in [0.3, 0.4) is 0 Å². The Balaban J connectivity index is 1.27. The Bertz CT molecular complexity index is 1090. The van der Waals surface area contributed by atoms with E-state index < -0.39 is 16.1 Å². The van der Waals surface area contributed by atoms with Crippen LogP contribution >= 0.6 is 0 Å². The number of ether oxygens (including phenoxy) is 3. The number of benzene rings is 1. The zero-order chi connectivity index (χ0) is 25.4. The van der Waals surface area contributed by atoms with Crippen molar-refractivity contribution in [3.05, 3.63) is 46.1 Å². The van der Waals surface area contributed by atoms with Gasteiger partial charge in [0.15, 0.2) is 5.60 Å². The number of nitrogens with zero attached hydrogens (tertiary/aromatic N) is 5. The number of hydrogen-bond acceptors (Lipinski definition) is 8. The molecule has 2 aliphatic heterocycles. The van der Waals surface area contributed by atoms with E-state index in [0.717, 1.165) is 0 Å². The Morgan fingerprint density at radius 2 is 1.77 bits per heavy atom. The molecule has 0 radical (unpaired) electrons. The van der Waals surface area contributed by atoms with Gasteiger partial charge in [-0.1, -0.05) is 0 Å². The monoisotopic (exact) mass is 487 g/mol. The zero-order valence-electron chi connectivity index (χ0n) is 20.2. The van der Waals surface area contributed by atoms with Gasteiger partial charge in [-0.3, -0.25) is 9.36 Å². The summed E-state index contributed by atoms with van der Waals surface area (Å²) >= 11 is 0. The van der Waals surface area contributed by atoms with Gasteiger partial charge < -0.3 is 34.1 Å². The Kier molecular flexibility index (Phi) is 6.30. The van der Waals surface area contributed by atoms with Crippen LogP contribution in [0, 0.1) is 10.1 Å². The quantitative estimate of drug-likeness (QED) is 0.465. The van der Waals surface area contributed by atoms with Gasteiger partial charge >= 0.3 is 17.9 Å². The van der Waals surface area contributed by atoms with Gasteiger partial charge in [-0.2, -0.15) is 0 Å². The van der Waals surface area contributed by atoms with Crippen LogP contribution < -0.4 is 9.47 Å². The van der Waals surface area contributed by atoms with Gasteiger partial charge in [0.05, 0.1) is 6.54 Å². The van der Waals surface area contributed by atoms with Crippen molar-refractivity contribution >= 4 is 17.8 Å². The molecule has 1 aromatic heterocycles. The average Bonchev–Trinajstić information content (AvgIpc) is 3.32. The van der Waals surface area contributed by atoms with Crippen LogP contribution in [-0.4, -0.2) is 80.3 Å². The molecule has 2 amide bonds. The van der Waals surface area contributed by atoms with Crippen molar-refractivity contribution in [1.29, 1.82) is 0 Å². The number of rotatable bonds is 5. The Morgan fingerprint density at radius 1 is 1.14 bits per heavy atom. The van der Waals surface area contributed by atoms with E-state index in [1.54, 1.807) is 38.6 Å². The highest BCUT2D eigenvalue weighted by molar-refractivity contribution is 5.94. The van der Waals surface area contributed by atoms with Crippen LogP contribution in [0.1, 0.15) is 38.1 Å². The van der Waals surface area contributed by atoms with Gasteiger partial charge in [0, 0.05) is 36.7 Å². The van der Waals surface area contributed by atoms with E-state index in [0.29, 0.717) is 44.0 Å². The molecule has 0 spiro atoms. The van der Waals surface area contributed by atoms with Gasteiger partial charge in [-0.15, -0.1) is 0 Å². The fraction of sp³-hybridized carbons (Fsp3) is 0.522. The first-order valence-electron chi connectivity index (χ1n) is 11.3. The number of aromatic nitrogens is 2. The second kappa shape index (κ2) is 9.08.